The Morgan fingerprint density at radius 3 is 2.74 bits per heavy atom. The summed E-state index contributed by atoms with van der Waals surface area (Å²) in [4.78, 5) is 49.9. The first-order valence-electron chi connectivity index (χ1n) is 11.8. The number of rotatable bonds is 7. The predicted octanol–water partition coefficient (Wildman–Crippen LogP) is 3.38. The molecule has 0 radical (unpaired) electrons. The quantitative estimate of drug-likeness (QED) is 0.593. The molecule has 0 bridgehead atoms. The summed E-state index contributed by atoms with van der Waals surface area (Å²) < 4.78 is 10.8. The zero-order valence-electron chi connectivity index (χ0n) is 19.5. The van der Waals surface area contributed by atoms with Crippen molar-refractivity contribution in [2.45, 2.75) is 58.5 Å². The maximum atomic E-state index is 12.9. The molecule has 34 heavy (non-hydrogen) atoms. The van der Waals surface area contributed by atoms with E-state index in [-0.39, 0.29) is 12.5 Å². The van der Waals surface area contributed by atoms with Gasteiger partial charge in [-0.05, 0) is 64.0 Å². The number of esters is 2. The Labute approximate surface area is 202 Å². The molecule has 1 N–H and O–H groups in total. The monoisotopic (exact) mass is 486 g/mol. The fourth-order valence-corrected chi connectivity index (χ4v) is 5.70. The number of amides is 1. The molecule has 2 aromatic rings. The van der Waals surface area contributed by atoms with Crippen LogP contribution in [0.2, 0.25) is 0 Å². The maximum absolute atomic E-state index is 12.9. The molecule has 182 valence electrons. The topological polar surface area (TPSA) is 111 Å². The molecule has 1 amide bonds. The van der Waals surface area contributed by atoms with Gasteiger partial charge >= 0.3 is 11.9 Å². The van der Waals surface area contributed by atoms with Crippen LogP contribution < -0.4 is 10.2 Å². The lowest BCUT2D eigenvalue weighted by Gasteiger charge is -2.31. The van der Waals surface area contributed by atoms with Crippen LogP contribution in [-0.2, 0) is 31.9 Å². The van der Waals surface area contributed by atoms with Crippen LogP contribution in [0.3, 0.4) is 0 Å². The Morgan fingerprint density at radius 1 is 1.21 bits per heavy atom. The lowest BCUT2D eigenvalue weighted by atomic mass is 9.95. The zero-order chi connectivity index (χ0) is 24.1. The number of hydrogen-bond acceptors (Lipinski definition) is 9. The van der Waals surface area contributed by atoms with E-state index in [4.69, 9.17) is 9.47 Å². The van der Waals surface area contributed by atoms with Gasteiger partial charge in [-0.15, -0.1) is 11.3 Å². The minimum absolute atomic E-state index is 0.261. The van der Waals surface area contributed by atoms with Gasteiger partial charge < -0.3 is 19.7 Å². The van der Waals surface area contributed by atoms with Crippen LogP contribution in [0.15, 0.2) is 18.5 Å². The van der Waals surface area contributed by atoms with E-state index in [1.165, 1.54) is 11.3 Å². The summed E-state index contributed by atoms with van der Waals surface area (Å²) in [5.41, 5.74) is 1.42. The van der Waals surface area contributed by atoms with Crippen LogP contribution in [0, 0.1) is 5.92 Å². The van der Waals surface area contributed by atoms with Crippen LogP contribution in [0.4, 0.5) is 10.9 Å². The number of ether oxygens (including phenoxy) is 2. The number of piperidine rings is 1. The molecule has 1 saturated heterocycles. The van der Waals surface area contributed by atoms with Crippen LogP contribution in [0.25, 0.3) is 0 Å². The number of aromatic nitrogens is 2. The van der Waals surface area contributed by atoms with E-state index in [2.05, 4.69) is 15.3 Å². The summed E-state index contributed by atoms with van der Waals surface area (Å²) in [6.45, 7) is 4.78. The van der Waals surface area contributed by atoms with Gasteiger partial charge in [0.25, 0.3) is 5.91 Å². The Hall–Kier alpha value is -3.01. The van der Waals surface area contributed by atoms with Crippen LogP contribution in [0.1, 0.15) is 60.3 Å². The third-order valence-electron chi connectivity index (χ3n) is 6.14. The van der Waals surface area contributed by atoms with Crippen molar-refractivity contribution in [1.29, 1.82) is 0 Å². The van der Waals surface area contributed by atoms with Crippen molar-refractivity contribution in [3.63, 3.8) is 0 Å². The smallest absolute Gasteiger partial charge is 0.341 e. The fraction of sp³-hybridized carbons (Fsp3) is 0.542. The molecule has 0 spiro atoms. The molecule has 9 nitrogen and oxygen atoms in total. The largest absolute Gasteiger partial charge is 0.462 e. The number of thiophene rings is 1. The Bertz CT molecular complexity index is 1040. The van der Waals surface area contributed by atoms with Crippen LogP contribution in [-0.4, -0.2) is 53.6 Å². The van der Waals surface area contributed by atoms with Crippen LogP contribution >= 0.6 is 11.3 Å². The molecule has 3 heterocycles. The molecule has 4 rings (SSSR count). The standard InChI is InChI=1S/C24H30N4O5S/c1-3-32-23(31)19-17-9-4-5-10-18(17)34-21(19)27-20(29)15(2)33-22(30)16-8-6-13-28(14-16)24-25-11-7-12-26-24/h7,11-12,15-16H,3-6,8-10,13-14H2,1-2H3,(H,27,29)/t15-,16-/m1/s1. The van der Waals surface area contributed by atoms with Crippen molar-refractivity contribution in [1.82, 2.24) is 9.97 Å². The molecule has 0 unspecified atom stereocenters. The predicted molar refractivity (Wildman–Crippen MR) is 128 cm³/mol. The highest BCUT2D eigenvalue weighted by atomic mass is 32.1. The average Bonchev–Trinajstić information content (AvgIpc) is 3.22. The van der Waals surface area contributed by atoms with E-state index < -0.39 is 23.9 Å². The van der Waals surface area contributed by atoms with E-state index in [1.54, 1.807) is 32.3 Å². The fourth-order valence-electron chi connectivity index (χ4n) is 4.42. The number of fused-ring (bicyclic) bond motifs is 1. The minimum atomic E-state index is -0.995. The molecule has 10 heteroatoms. The normalized spacial score (nSPS) is 18.5. The van der Waals surface area contributed by atoms with Crippen molar-refractivity contribution in [2.24, 2.45) is 5.92 Å². The van der Waals surface area contributed by atoms with Gasteiger partial charge in [0.2, 0.25) is 5.95 Å². The minimum Gasteiger partial charge on any atom is -0.462 e. The number of nitrogens with zero attached hydrogens (tertiary/aromatic N) is 3. The van der Waals surface area contributed by atoms with E-state index in [1.807, 2.05) is 4.90 Å². The lowest BCUT2D eigenvalue weighted by molar-refractivity contribution is -0.157. The highest BCUT2D eigenvalue weighted by Crippen LogP contribution is 2.38. The van der Waals surface area contributed by atoms with Crippen molar-refractivity contribution < 1.29 is 23.9 Å². The van der Waals surface area contributed by atoms with Gasteiger partial charge in [0, 0.05) is 30.4 Å². The zero-order valence-corrected chi connectivity index (χ0v) is 20.4. The van der Waals surface area contributed by atoms with E-state index in [0.29, 0.717) is 29.5 Å². The number of nitrogens with one attached hydrogen (secondary N) is 1. The van der Waals surface area contributed by atoms with Crippen molar-refractivity contribution in [2.75, 3.05) is 29.9 Å². The highest BCUT2D eigenvalue weighted by molar-refractivity contribution is 7.17. The summed E-state index contributed by atoms with van der Waals surface area (Å²) in [5.74, 6) is -1.08. The van der Waals surface area contributed by atoms with E-state index >= 15 is 0 Å². The Balaban J connectivity index is 1.40. The average molecular weight is 487 g/mol. The van der Waals surface area contributed by atoms with Crippen LogP contribution in [0.5, 0.6) is 0 Å². The molecule has 2 atom stereocenters. The molecular weight excluding hydrogens is 456 g/mol. The summed E-state index contributed by atoms with van der Waals surface area (Å²) >= 11 is 1.41. The number of carbonyl (C=O) groups is 3. The Morgan fingerprint density at radius 2 is 1.97 bits per heavy atom. The third kappa shape index (κ3) is 5.38. The second-order valence-corrected chi connectivity index (χ2v) is 9.64. The van der Waals surface area contributed by atoms with E-state index in [9.17, 15) is 14.4 Å². The van der Waals surface area contributed by atoms with Crippen molar-refractivity contribution in [3.05, 3.63) is 34.5 Å². The van der Waals surface area contributed by atoms with Crippen molar-refractivity contribution in [3.8, 4) is 0 Å². The first-order valence-corrected chi connectivity index (χ1v) is 12.6. The number of anilines is 2. The SMILES string of the molecule is CCOC(=O)c1c(NC(=O)[C@@H](C)OC(=O)[C@@H]2CCCN(c3ncccn3)C2)sc2c1CCCC2. The maximum Gasteiger partial charge on any atom is 0.341 e. The second-order valence-electron chi connectivity index (χ2n) is 8.54. The molecule has 1 aliphatic carbocycles. The summed E-state index contributed by atoms with van der Waals surface area (Å²) in [5, 5.41) is 3.30. The third-order valence-corrected chi connectivity index (χ3v) is 7.35. The Kier molecular flexibility index (Phi) is 7.77. The number of carbonyl (C=O) groups excluding carboxylic acids is 3. The van der Waals surface area contributed by atoms with Gasteiger partial charge in [0.1, 0.15) is 5.00 Å². The van der Waals surface area contributed by atoms with Gasteiger partial charge in [-0.3, -0.25) is 9.59 Å². The molecule has 0 aromatic carbocycles. The van der Waals surface area contributed by atoms with Crippen molar-refractivity contribution >= 4 is 40.1 Å². The van der Waals surface area contributed by atoms with Gasteiger partial charge in [-0.25, -0.2) is 14.8 Å². The van der Waals surface area contributed by atoms with Gasteiger partial charge in [0.15, 0.2) is 6.10 Å². The van der Waals surface area contributed by atoms with Gasteiger partial charge in [-0.1, -0.05) is 0 Å². The molecule has 0 saturated carbocycles. The molecular formula is C24H30N4O5S. The lowest BCUT2D eigenvalue weighted by Crippen LogP contribution is -2.42. The number of aryl methyl sites for hydroxylation is 1. The van der Waals surface area contributed by atoms with Gasteiger partial charge in [0.05, 0.1) is 18.1 Å². The first kappa shape index (κ1) is 24.1. The first-order chi connectivity index (χ1) is 16.5. The highest BCUT2D eigenvalue weighted by Gasteiger charge is 2.32. The van der Waals surface area contributed by atoms with E-state index in [0.717, 1.165) is 49.1 Å². The molecule has 2 aliphatic rings. The van der Waals surface area contributed by atoms with Gasteiger partial charge in [-0.2, -0.15) is 0 Å². The summed E-state index contributed by atoms with van der Waals surface area (Å²) in [7, 11) is 0. The molecule has 1 aliphatic heterocycles. The molecule has 2 aromatic heterocycles. The number of hydrogen-bond donors (Lipinski definition) is 1. The summed E-state index contributed by atoms with van der Waals surface area (Å²) in [6, 6.07) is 1.75. The second kappa shape index (κ2) is 10.9. The molecule has 1 fully saturated rings. The summed E-state index contributed by atoms with van der Waals surface area (Å²) in [6.07, 6.45) is 7.58.